The molecule has 0 aliphatic heterocycles. The van der Waals surface area contributed by atoms with Gasteiger partial charge in [0.2, 0.25) is 10.0 Å². The second-order valence-electron chi connectivity index (χ2n) is 6.70. The van der Waals surface area contributed by atoms with Crippen LogP contribution in [0.1, 0.15) is 41.3 Å². The number of carboxylic acids is 1. The molecule has 1 aliphatic rings. The van der Waals surface area contributed by atoms with E-state index < -0.39 is 38.7 Å². The SMILES string of the molecule is Cc1cc(C(F)(F)F)cc(S(=O)(=O)NC2CCCc3c2cnn3CC(=O)O)c1. The lowest BCUT2D eigenvalue weighted by atomic mass is 9.94. The van der Waals surface area contributed by atoms with Crippen LogP contribution in [0.3, 0.4) is 0 Å². The van der Waals surface area contributed by atoms with Crippen molar-refractivity contribution in [2.24, 2.45) is 0 Å². The van der Waals surface area contributed by atoms with E-state index in [4.69, 9.17) is 5.11 Å². The predicted molar refractivity (Wildman–Crippen MR) is 92.0 cm³/mol. The molecule has 3 rings (SSSR count). The molecule has 1 heterocycles. The lowest BCUT2D eigenvalue weighted by Crippen LogP contribution is -2.31. The smallest absolute Gasteiger partial charge is 0.416 e. The summed E-state index contributed by atoms with van der Waals surface area (Å²) < 4.78 is 68.3. The monoisotopic (exact) mass is 417 g/mol. The van der Waals surface area contributed by atoms with Crippen LogP contribution in [0.25, 0.3) is 0 Å². The van der Waals surface area contributed by atoms with E-state index in [9.17, 15) is 26.4 Å². The van der Waals surface area contributed by atoms with Crippen molar-refractivity contribution in [2.75, 3.05) is 0 Å². The largest absolute Gasteiger partial charge is 0.480 e. The minimum Gasteiger partial charge on any atom is -0.480 e. The van der Waals surface area contributed by atoms with E-state index in [0.717, 1.165) is 6.07 Å². The van der Waals surface area contributed by atoms with Crippen molar-refractivity contribution in [2.45, 2.75) is 49.8 Å². The van der Waals surface area contributed by atoms with Gasteiger partial charge in [-0.3, -0.25) is 9.48 Å². The molecule has 2 N–H and O–H groups in total. The number of hydrogen-bond donors (Lipinski definition) is 2. The molecule has 2 aromatic rings. The summed E-state index contributed by atoms with van der Waals surface area (Å²) in [6.07, 6.45) is -1.69. The van der Waals surface area contributed by atoms with Crippen LogP contribution >= 0.6 is 0 Å². The Morgan fingerprint density at radius 2 is 2.07 bits per heavy atom. The van der Waals surface area contributed by atoms with Crippen molar-refractivity contribution in [1.29, 1.82) is 0 Å². The van der Waals surface area contributed by atoms with Gasteiger partial charge in [0, 0.05) is 11.3 Å². The maximum absolute atomic E-state index is 13.0. The molecule has 1 aromatic heterocycles. The number of alkyl halides is 3. The molecule has 7 nitrogen and oxygen atoms in total. The molecule has 0 spiro atoms. The van der Waals surface area contributed by atoms with Gasteiger partial charge < -0.3 is 5.11 Å². The lowest BCUT2D eigenvalue weighted by Gasteiger charge is -2.24. The summed E-state index contributed by atoms with van der Waals surface area (Å²) in [5, 5.41) is 12.9. The Balaban J connectivity index is 1.92. The molecule has 0 saturated heterocycles. The Morgan fingerprint density at radius 3 is 2.71 bits per heavy atom. The van der Waals surface area contributed by atoms with Crippen LogP contribution < -0.4 is 4.72 Å². The summed E-state index contributed by atoms with van der Waals surface area (Å²) in [6, 6.07) is 1.97. The minimum absolute atomic E-state index is 0.175. The predicted octanol–water partition coefficient (Wildman–Crippen LogP) is 2.65. The maximum Gasteiger partial charge on any atom is 0.416 e. The van der Waals surface area contributed by atoms with Crippen molar-refractivity contribution < 1.29 is 31.5 Å². The molecule has 1 unspecified atom stereocenters. The molecular formula is C17H18F3N3O4S. The Labute approximate surface area is 159 Å². The zero-order chi connectivity index (χ0) is 20.7. The standard InChI is InChI=1S/C17H18F3N3O4S/c1-10-5-11(17(18,19)20)7-12(6-10)28(26,27)22-14-3-2-4-15-13(14)8-21-23(15)9-16(24)25/h5-8,14,22H,2-4,9H2,1H3,(H,24,25). The summed E-state index contributed by atoms with van der Waals surface area (Å²) in [4.78, 5) is 10.5. The average Bonchev–Trinajstić information content (AvgIpc) is 2.97. The highest BCUT2D eigenvalue weighted by atomic mass is 32.2. The van der Waals surface area contributed by atoms with E-state index in [1.54, 1.807) is 0 Å². The van der Waals surface area contributed by atoms with Gasteiger partial charge >= 0.3 is 12.1 Å². The van der Waals surface area contributed by atoms with Crippen molar-refractivity contribution in [3.8, 4) is 0 Å². The molecule has 152 valence electrons. The van der Waals surface area contributed by atoms with Crippen molar-refractivity contribution in [1.82, 2.24) is 14.5 Å². The van der Waals surface area contributed by atoms with Crippen LogP contribution in [0, 0.1) is 6.92 Å². The first kappa shape index (κ1) is 20.3. The van der Waals surface area contributed by atoms with Gasteiger partial charge in [-0.25, -0.2) is 13.1 Å². The third-order valence-electron chi connectivity index (χ3n) is 4.53. The van der Waals surface area contributed by atoms with E-state index in [0.29, 0.717) is 36.6 Å². The number of rotatable bonds is 5. The van der Waals surface area contributed by atoms with Gasteiger partial charge in [-0.2, -0.15) is 18.3 Å². The van der Waals surface area contributed by atoms with Gasteiger partial charge in [-0.15, -0.1) is 0 Å². The number of nitrogens with one attached hydrogen (secondary N) is 1. The highest BCUT2D eigenvalue weighted by Crippen LogP contribution is 2.34. The summed E-state index contributed by atoms with van der Waals surface area (Å²) in [7, 11) is -4.23. The van der Waals surface area contributed by atoms with Crippen LogP contribution in [0.2, 0.25) is 0 Å². The third kappa shape index (κ3) is 4.20. The van der Waals surface area contributed by atoms with Crippen molar-refractivity contribution in [3.05, 3.63) is 46.8 Å². The number of nitrogens with zero attached hydrogens (tertiary/aromatic N) is 2. The summed E-state index contributed by atoms with van der Waals surface area (Å²) in [5.41, 5.74) is 0.293. The number of carbonyl (C=O) groups is 1. The molecule has 0 bridgehead atoms. The average molecular weight is 417 g/mol. The Morgan fingerprint density at radius 1 is 1.36 bits per heavy atom. The minimum atomic E-state index is -4.66. The van der Waals surface area contributed by atoms with Crippen LogP contribution in [0.15, 0.2) is 29.3 Å². The number of aromatic nitrogens is 2. The first-order valence-electron chi connectivity index (χ1n) is 8.45. The number of fused-ring (bicyclic) bond motifs is 1. The quantitative estimate of drug-likeness (QED) is 0.779. The Hall–Kier alpha value is -2.40. The highest BCUT2D eigenvalue weighted by Gasteiger charge is 2.33. The third-order valence-corrected chi connectivity index (χ3v) is 5.98. The Kier molecular flexibility index (Phi) is 5.24. The summed E-state index contributed by atoms with van der Waals surface area (Å²) in [6.45, 7) is 1.05. The zero-order valence-corrected chi connectivity index (χ0v) is 15.6. The second-order valence-corrected chi connectivity index (χ2v) is 8.41. The molecule has 0 amide bonds. The molecule has 0 radical (unpaired) electrons. The van der Waals surface area contributed by atoms with Gasteiger partial charge in [0.05, 0.1) is 22.7 Å². The fraction of sp³-hybridized carbons (Fsp3) is 0.412. The van der Waals surface area contributed by atoms with E-state index >= 15 is 0 Å². The van der Waals surface area contributed by atoms with Crippen LogP contribution in [0.4, 0.5) is 13.2 Å². The van der Waals surface area contributed by atoms with Crippen molar-refractivity contribution >= 4 is 16.0 Å². The lowest BCUT2D eigenvalue weighted by molar-refractivity contribution is -0.138. The van der Waals surface area contributed by atoms with Gasteiger partial charge in [0.25, 0.3) is 0 Å². The molecule has 1 atom stereocenters. The number of hydrogen-bond acceptors (Lipinski definition) is 4. The number of benzene rings is 1. The van der Waals surface area contributed by atoms with Crippen molar-refractivity contribution in [3.63, 3.8) is 0 Å². The normalized spacial score (nSPS) is 17.4. The number of aliphatic carboxylic acids is 1. The summed E-state index contributed by atoms with van der Waals surface area (Å²) in [5.74, 6) is -1.08. The maximum atomic E-state index is 13.0. The first-order chi connectivity index (χ1) is 13.0. The van der Waals surface area contributed by atoms with Gasteiger partial charge in [-0.05, 0) is 49.9 Å². The van der Waals surface area contributed by atoms with Crippen LogP contribution in [-0.2, 0) is 34.0 Å². The fourth-order valence-electron chi connectivity index (χ4n) is 3.33. The second kappa shape index (κ2) is 7.21. The first-order valence-corrected chi connectivity index (χ1v) is 9.93. The van der Waals surface area contributed by atoms with E-state index in [1.807, 2.05) is 0 Å². The van der Waals surface area contributed by atoms with Gasteiger partial charge in [0.15, 0.2) is 0 Å². The Bertz CT molecular complexity index is 1020. The number of aryl methyl sites for hydroxylation is 1. The molecule has 1 aliphatic carbocycles. The molecule has 1 aromatic carbocycles. The van der Waals surface area contributed by atoms with E-state index in [1.165, 1.54) is 23.9 Å². The number of sulfonamides is 1. The number of carboxylic acid groups (broad SMARTS) is 1. The summed E-state index contributed by atoms with van der Waals surface area (Å²) >= 11 is 0. The van der Waals surface area contributed by atoms with Crippen LogP contribution in [0.5, 0.6) is 0 Å². The fourth-order valence-corrected chi connectivity index (χ4v) is 4.71. The molecule has 28 heavy (non-hydrogen) atoms. The van der Waals surface area contributed by atoms with E-state index in [2.05, 4.69) is 9.82 Å². The molecule has 0 fully saturated rings. The molecular weight excluding hydrogens is 399 g/mol. The van der Waals surface area contributed by atoms with Gasteiger partial charge in [-0.1, -0.05) is 0 Å². The highest BCUT2D eigenvalue weighted by molar-refractivity contribution is 7.89. The van der Waals surface area contributed by atoms with Gasteiger partial charge in [0.1, 0.15) is 6.54 Å². The number of halogens is 3. The molecule has 11 heteroatoms. The van der Waals surface area contributed by atoms with Crippen LogP contribution in [-0.4, -0.2) is 29.3 Å². The topological polar surface area (TPSA) is 101 Å². The molecule has 0 saturated carbocycles. The van der Waals surface area contributed by atoms with E-state index in [-0.39, 0.29) is 12.1 Å². The zero-order valence-electron chi connectivity index (χ0n) is 14.8.